The van der Waals surface area contributed by atoms with E-state index in [2.05, 4.69) is 10.2 Å². The molecule has 2 aromatic rings. The summed E-state index contributed by atoms with van der Waals surface area (Å²) in [5, 5.41) is 2.93. The lowest BCUT2D eigenvalue weighted by Crippen LogP contribution is -2.44. The van der Waals surface area contributed by atoms with Gasteiger partial charge in [-0.1, -0.05) is 12.1 Å². The van der Waals surface area contributed by atoms with Crippen LogP contribution in [0, 0.1) is 0 Å². The lowest BCUT2D eigenvalue weighted by molar-refractivity contribution is 0.257. The first-order chi connectivity index (χ1) is 11.6. The molecule has 2 aromatic carbocycles. The van der Waals surface area contributed by atoms with Gasteiger partial charge in [0, 0.05) is 44.0 Å². The van der Waals surface area contributed by atoms with E-state index in [0.717, 1.165) is 17.9 Å². The second-order valence-corrected chi connectivity index (χ2v) is 5.59. The fourth-order valence-electron chi connectivity index (χ4n) is 2.79. The highest BCUT2D eigenvalue weighted by Crippen LogP contribution is 2.32. The highest BCUT2D eigenvalue weighted by Gasteiger charge is 2.25. The summed E-state index contributed by atoms with van der Waals surface area (Å²) in [4.78, 5) is 16.6. The standard InChI is InChI=1S/C18H21N3O3/c1-20-8-9-21(17-7-5-4-6-16(17)20)18(22)19-13-10-14(23-2)12-15(11-13)24-3/h4-7,10-12H,8-9H2,1-3H3,(H,19,22). The van der Waals surface area contributed by atoms with E-state index in [1.807, 2.05) is 31.3 Å². The summed E-state index contributed by atoms with van der Waals surface area (Å²) >= 11 is 0. The minimum atomic E-state index is -0.175. The number of methoxy groups -OCH3 is 2. The SMILES string of the molecule is COc1cc(NC(=O)N2CCN(C)c3ccccc32)cc(OC)c1. The monoisotopic (exact) mass is 327 g/mol. The minimum Gasteiger partial charge on any atom is -0.497 e. The average Bonchev–Trinajstić information content (AvgIpc) is 2.61. The van der Waals surface area contributed by atoms with Crippen LogP contribution in [0.25, 0.3) is 0 Å². The first kappa shape index (κ1) is 16.0. The van der Waals surface area contributed by atoms with Crippen molar-refractivity contribution in [3.63, 3.8) is 0 Å². The zero-order chi connectivity index (χ0) is 17.1. The zero-order valence-corrected chi connectivity index (χ0v) is 14.1. The molecule has 0 saturated heterocycles. The summed E-state index contributed by atoms with van der Waals surface area (Å²) in [7, 11) is 5.19. The van der Waals surface area contributed by atoms with Crippen LogP contribution >= 0.6 is 0 Å². The van der Waals surface area contributed by atoms with Crippen molar-refractivity contribution >= 4 is 23.1 Å². The minimum absolute atomic E-state index is 0.175. The number of benzene rings is 2. The highest BCUT2D eigenvalue weighted by atomic mass is 16.5. The number of anilines is 3. The molecule has 6 heteroatoms. The van der Waals surface area contributed by atoms with Crippen molar-refractivity contribution in [1.29, 1.82) is 0 Å². The third kappa shape index (κ3) is 3.08. The van der Waals surface area contributed by atoms with Gasteiger partial charge < -0.3 is 19.7 Å². The summed E-state index contributed by atoms with van der Waals surface area (Å²) in [5.41, 5.74) is 2.58. The Labute approximate surface area is 141 Å². The van der Waals surface area contributed by atoms with E-state index >= 15 is 0 Å². The molecule has 0 aromatic heterocycles. The van der Waals surface area contributed by atoms with Gasteiger partial charge in [-0.3, -0.25) is 4.90 Å². The van der Waals surface area contributed by atoms with E-state index < -0.39 is 0 Å². The first-order valence-corrected chi connectivity index (χ1v) is 7.74. The van der Waals surface area contributed by atoms with Gasteiger partial charge in [0.15, 0.2) is 0 Å². The van der Waals surface area contributed by atoms with Gasteiger partial charge >= 0.3 is 6.03 Å². The molecule has 1 aliphatic heterocycles. The molecule has 6 nitrogen and oxygen atoms in total. The van der Waals surface area contributed by atoms with Crippen LogP contribution < -0.4 is 24.6 Å². The molecule has 1 N–H and O–H groups in total. The van der Waals surface area contributed by atoms with E-state index in [4.69, 9.17) is 9.47 Å². The summed E-state index contributed by atoms with van der Waals surface area (Å²) in [6.07, 6.45) is 0. The molecule has 0 saturated carbocycles. The molecule has 0 unspecified atom stereocenters. The molecule has 3 rings (SSSR count). The Hall–Kier alpha value is -2.89. The summed E-state index contributed by atoms with van der Waals surface area (Å²) in [5.74, 6) is 1.26. The molecule has 1 aliphatic rings. The Balaban J connectivity index is 1.85. The fraction of sp³-hybridized carbons (Fsp3) is 0.278. The van der Waals surface area contributed by atoms with Gasteiger partial charge in [-0.2, -0.15) is 0 Å². The molecule has 0 fully saturated rings. The maximum absolute atomic E-state index is 12.8. The molecular formula is C18H21N3O3. The second kappa shape index (κ2) is 6.70. The number of nitrogens with one attached hydrogen (secondary N) is 1. The van der Waals surface area contributed by atoms with Crippen molar-refractivity contribution < 1.29 is 14.3 Å². The molecular weight excluding hydrogens is 306 g/mol. The first-order valence-electron chi connectivity index (χ1n) is 7.74. The van der Waals surface area contributed by atoms with Crippen molar-refractivity contribution in [2.75, 3.05) is 49.5 Å². The van der Waals surface area contributed by atoms with E-state index in [0.29, 0.717) is 23.7 Å². The molecule has 126 valence electrons. The van der Waals surface area contributed by atoms with Gasteiger partial charge in [-0.25, -0.2) is 4.79 Å². The van der Waals surface area contributed by atoms with Crippen molar-refractivity contribution in [2.24, 2.45) is 0 Å². The molecule has 0 spiro atoms. The third-order valence-corrected chi connectivity index (χ3v) is 4.09. The Morgan fingerprint density at radius 2 is 1.62 bits per heavy atom. The zero-order valence-electron chi connectivity index (χ0n) is 14.1. The van der Waals surface area contributed by atoms with Crippen LogP contribution in [0.4, 0.5) is 21.9 Å². The molecule has 0 atom stereocenters. The Morgan fingerprint density at radius 3 is 2.25 bits per heavy atom. The van der Waals surface area contributed by atoms with Gasteiger partial charge in [0.2, 0.25) is 0 Å². The van der Waals surface area contributed by atoms with E-state index in [9.17, 15) is 4.79 Å². The highest BCUT2D eigenvalue weighted by molar-refractivity contribution is 6.04. The molecule has 0 aliphatic carbocycles. The van der Waals surface area contributed by atoms with Crippen molar-refractivity contribution in [3.8, 4) is 11.5 Å². The Bertz CT molecular complexity index is 726. The number of fused-ring (bicyclic) bond motifs is 1. The maximum atomic E-state index is 12.8. The van der Waals surface area contributed by atoms with Crippen LogP contribution in [0.3, 0.4) is 0 Å². The van der Waals surface area contributed by atoms with Crippen molar-refractivity contribution in [1.82, 2.24) is 0 Å². The summed E-state index contributed by atoms with van der Waals surface area (Å²) < 4.78 is 10.5. The van der Waals surface area contributed by atoms with Crippen LogP contribution in [0.1, 0.15) is 0 Å². The quantitative estimate of drug-likeness (QED) is 0.941. The van der Waals surface area contributed by atoms with E-state index in [1.54, 1.807) is 37.3 Å². The smallest absolute Gasteiger partial charge is 0.326 e. The summed E-state index contributed by atoms with van der Waals surface area (Å²) in [6.45, 7) is 1.41. The number of hydrogen-bond donors (Lipinski definition) is 1. The van der Waals surface area contributed by atoms with Gasteiger partial charge in [-0.15, -0.1) is 0 Å². The van der Waals surface area contributed by atoms with Crippen LogP contribution in [-0.2, 0) is 0 Å². The molecule has 1 heterocycles. The van der Waals surface area contributed by atoms with Gasteiger partial charge in [0.1, 0.15) is 11.5 Å². The topological polar surface area (TPSA) is 54.0 Å². The van der Waals surface area contributed by atoms with Crippen LogP contribution in [0.2, 0.25) is 0 Å². The normalized spacial score (nSPS) is 13.3. The number of para-hydroxylation sites is 2. The average molecular weight is 327 g/mol. The lowest BCUT2D eigenvalue weighted by Gasteiger charge is -2.35. The van der Waals surface area contributed by atoms with E-state index in [1.165, 1.54) is 0 Å². The third-order valence-electron chi connectivity index (χ3n) is 4.09. The molecule has 0 radical (unpaired) electrons. The van der Waals surface area contributed by atoms with Gasteiger partial charge in [0.25, 0.3) is 0 Å². The Morgan fingerprint density at radius 1 is 1.00 bits per heavy atom. The number of carbonyl (C=O) groups excluding carboxylic acids is 1. The lowest BCUT2D eigenvalue weighted by atomic mass is 10.2. The number of carbonyl (C=O) groups is 1. The number of urea groups is 1. The van der Waals surface area contributed by atoms with Crippen molar-refractivity contribution in [2.45, 2.75) is 0 Å². The number of nitrogens with zero attached hydrogens (tertiary/aromatic N) is 2. The van der Waals surface area contributed by atoms with Gasteiger partial charge in [0.05, 0.1) is 25.6 Å². The van der Waals surface area contributed by atoms with E-state index in [-0.39, 0.29) is 6.03 Å². The number of hydrogen-bond acceptors (Lipinski definition) is 4. The molecule has 0 bridgehead atoms. The number of amides is 2. The maximum Gasteiger partial charge on any atom is 0.326 e. The predicted octanol–water partition coefficient (Wildman–Crippen LogP) is 3.19. The molecule has 2 amide bonds. The largest absolute Gasteiger partial charge is 0.497 e. The second-order valence-electron chi connectivity index (χ2n) is 5.59. The van der Waals surface area contributed by atoms with Crippen LogP contribution in [-0.4, -0.2) is 40.4 Å². The fourth-order valence-corrected chi connectivity index (χ4v) is 2.79. The number of rotatable bonds is 3. The predicted molar refractivity (Wildman–Crippen MR) is 95.6 cm³/mol. The van der Waals surface area contributed by atoms with Crippen LogP contribution in [0.15, 0.2) is 42.5 Å². The summed E-state index contributed by atoms with van der Waals surface area (Å²) in [6, 6.07) is 13.0. The van der Waals surface area contributed by atoms with Crippen molar-refractivity contribution in [3.05, 3.63) is 42.5 Å². The number of ether oxygens (including phenoxy) is 2. The van der Waals surface area contributed by atoms with Gasteiger partial charge in [-0.05, 0) is 12.1 Å². The van der Waals surface area contributed by atoms with Crippen LogP contribution in [0.5, 0.6) is 11.5 Å². The Kier molecular flexibility index (Phi) is 4.46. The molecule has 24 heavy (non-hydrogen) atoms. The number of likely N-dealkylation sites (N-methyl/N-ethyl adjacent to an activating group) is 1.